The topological polar surface area (TPSA) is 84.3 Å². The predicted molar refractivity (Wildman–Crippen MR) is 199 cm³/mol. The van der Waals surface area contributed by atoms with Gasteiger partial charge in [-0.3, -0.25) is 4.79 Å². The van der Waals surface area contributed by atoms with Gasteiger partial charge in [0, 0.05) is 38.0 Å². The van der Waals surface area contributed by atoms with Crippen molar-refractivity contribution in [2.24, 2.45) is 17.8 Å². The molecule has 1 aliphatic rings. The minimum atomic E-state index is -5.10. The summed E-state index contributed by atoms with van der Waals surface area (Å²) in [5, 5.41) is 11.9. The van der Waals surface area contributed by atoms with Gasteiger partial charge in [0.15, 0.2) is 5.78 Å². The first-order valence-electron chi connectivity index (χ1n) is 17.5. The van der Waals surface area contributed by atoms with E-state index in [1.54, 1.807) is 6.20 Å². The van der Waals surface area contributed by atoms with E-state index in [2.05, 4.69) is 57.8 Å². The zero-order chi connectivity index (χ0) is 35.4. The number of aromatic nitrogens is 1. The molecule has 0 saturated carbocycles. The van der Waals surface area contributed by atoms with Gasteiger partial charge in [0.25, 0.3) is 0 Å². The molecule has 5 nitrogen and oxygen atoms in total. The van der Waals surface area contributed by atoms with Crippen LogP contribution >= 0.6 is 0 Å². The molecule has 2 heterocycles. The maximum Gasteiger partial charge on any atom is 0.162 e. The van der Waals surface area contributed by atoms with E-state index in [-0.39, 0.29) is 48.9 Å². The van der Waals surface area contributed by atoms with Crippen molar-refractivity contribution in [2.75, 3.05) is 0 Å². The number of carbonyl (C=O) groups excluding carboxylic acids is 1. The molecule has 5 rings (SSSR count). The van der Waals surface area contributed by atoms with E-state index >= 15 is 0 Å². The summed E-state index contributed by atoms with van der Waals surface area (Å²) in [4.78, 5) is 16.4. The van der Waals surface area contributed by atoms with Crippen molar-refractivity contribution >= 4 is 41.9 Å². The standard InChI is InChI=1S/C29H28NO2Te.C13H24O2.Ir/c1-18(2)15-20-10-8-12-23-24-13-14-30-26(28(24)33(31,32)27(20)23)21-16-19-9-6-7-11-22(19)25(17-21)29(3,4)5;1-5-10(6-2)12(14)9-13(15)11(7-3)8-4;/h6-14,17-18H,15H2,1-5H3;9-11,14H,5-8H2,1-4H3;/q-1;;/b;12-9-;. The van der Waals surface area contributed by atoms with E-state index in [9.17, 15) is 16.1 Å². The van der Waals surface area contributed by atoms with Crippen LogP contribution < -0.4 is 7.22 Å². The first-order chi connectivity index (χ1) is 22.7. The van der Waals surface area contributed by atoms with Gasteiger partial charge >= 0.3 is 200 Å². The Hall–Kier alpha value is -2.68. The molecule has 0 atom stereocenters. The maximum absolute atomic E-state index is 14.1. The van der Waals surface area contributed by atoms with Crippen molar-refractivity contribution in [1.29, 1.82) is 0 Å². The minimum Gasteiger partial charge on any atom is -0.512 e. The smallest absolute Gasteiger partial charge is 0.162 e. The van der Waals surface area contributed by atoms with Crippen LogP contribution in [-0.2, 0) is 42.9 Å². The third-order valence-corrected chi connectivity index (χ3v) is 15.0. The number of ketones is 1. The van der Waals surface area contributed by atoms with E-state index in [1.807, 2.05) is 70.2 Å². The SMILES string of the molecule is CC(C)Cc1cccc2c1[Te](=O)(=O)c1c-2ccnc1-c1[c-]c2ccccc2c(C(C)(C)C)c1.CCC(CC)C(=O)/C=C(\O)C(CC)CC.[Ir]. The Labute approximate surface area is 311 Å². The summed E-state index contributed by atoms with van der Waals surface area (Å²) < 4.78 is 29.1. The van der Waals surface area contributed by atoms with Gasteiger partial charge in [0.2, 0.25) is 0 Å². The Bertz CT molecular complexity index is 1910. The fraction of sp³-hybridized carbons (Fsp3) is 0.429. The Balaban J connectivity index is 0.000000347. The van der Waals surface area contributed by atoms with E-state index in [4.69, 9.17) is 0 Å². The summed E-state index contributed by atoms with van der Waals surface area (Å²) >= 11 is -5.10. The number of fused-ring (bicyclic) bond motifs is 4. The van der Waals surface area contributed by atoms with Crippen LogP contribution in [0.15, 0.2) is 72.6 Å². The molecule has 1 aromatic heterocycles. The normalized spacial score (nSPS) is 13.6. The maximum atomic E-state index is 14.1. The predicted octanol–water partition coefficient (Wildman–Crippen LogP) is 9.46. The van der Waals surface area contributed by atoms with Gasteiger partial charge < -0.3 is 5.11 Å². The number of carbonyl (C=O) groups is 1. The van der Waals surface area contributed by atoms with Crippen molar-refractivity contribution in [3.8, 4) is 22.4 Å². The summed E-state index contributed by atoms with van der Waals surface area (Å²) in [5.74, 6) is 0.922. The molecule has 0 fully saturated rings. The number of pyridine rings is 1. The van der Waals surface area contributed by atoms with Gasteiger partial charge in [-0.1, -0.05) is 27.7 Å². The van der Waals surface area contributed by atoms with Crippen molar-refractivity contribution in [3.05, 3.63) is 89.8 Å². The molecule has 265 valence electrons. The second-order valence-corrected chi connectivity index (χ2v) is 19.5. The van der Waals surface area contributed by atoms with Crippen LogP contribution in [0.1, 0.15) is 99.1 Å². The van der Waals surface area contributed by atoms with Crippen LogP contribution in [-0.4, -0.2) is 34.0 Å². The molecule has 1 radical (unpaired) electrons. The van der Waals surface area contributed by atoms with Crippen molar-refractivity contribution in [1.82, 2.24) is 4.98 Å². The van der Waals surface area contributed by atoms with Crippen LogP contribution in [0.25, 0.3) is 33.2 Å². The molecule has 0 unspecified atom stereocenters. The molecular formula is C42H52IrNO4Te-. The number of rotatable bonds is 10. The third kappa shape index (κ3) is 8.80. The van der Waals surface area contributed by atoms with E-state index in [0.717, 1.165) is 70.7 Å². The van der Waals surface area contributed by atoms with Gasteiger partial charge in [-0.05, 0) is 25.7 Å². The summed E-state index contributed by atoms with van der Waals surface area (Å²) in [7, 11) is 0. The minimum absolute atomic E-state index is 0. The van der Waals surface area contributed by atoms with E-state index in [1.165, 1.54) is 6.08 Å². The molecule has 0 spiro atoms. The number of hydrogen-bond acceptors (Lipinski definition) is 5. The quantitative estimate of drug-likeness (QED) is 0.0653. The van der Waals surface area contributed by atoms with Crippen LogP contribution in [0, 0.1) is 23.8 Å². The van der Waals surface area contributed by atoms with Gasteiger partial charge in [-0.25, -0.2) is 0 Å². The molecule has 0 amide bonds. The molecule has 1 aliphatic heterocycles. The van der Waals surface area contributed by atoms with Crippen LogP contribution in [0.2, 0.25) is 0 Å². The molecular weight excluding hydrogens is 902 g/mol. The Kier molecular flexibility index (Phi) is 14.2. The number of nitrogens with zero attached hydrogens (tertiary/aromatic N) is 1. The summed E-state index contributed by atoms with van der Waals surface area (Å²) in [6.07, 6.45) is 7.38. The first-order valence-corrected chi connectivity index (χ1v) is 21.7. The summed E-state index contributed by atoms with van der Waals surface area (Å²) in [6.45, 7) is 18.9. The molecule has 3 aromatic carbocycles. The third-order valence-electron chi connectivity index (χ3n) is 9.38. The molecule has 4 aromatic rings. The molecule has 0 bridgehead atoms. The molecule has 49 heavy (non-hydrogen) atoms. The van der Waals surface area contributed by atoms with E-state index < -0.39 is 18.1 Å². The molecule has 0 saturated heterocycles. The van der Waals surface area contributed by atoms with Crippen LogP contribution in [0.3, 0.4) is 0 Å². The van der Waals surface area contributed by atoms with Crippen molar-refractivity contribution in [3.63, 3.8) is 0 Å². The first kappa shape index (κ1) is 40.7. The van der Waals surface area contributed by atoms with Crippen molar-refractivity contribution in [2.45, 2.75) is 99.8 Å². The number of benzene rings is 3. The molecule has 0 aliphatic carbocycles. The zero-order valence-corrected chi connectivity index (χ0v) is 35.2. The monoisotopic (exact) mass is 957 g/mol. The van der Waals surface area contributed by atoms with Gasteiger partial charge in [0.1, 0.15) is 0 Å². The fourth-order valence-electron chi connectivity index (χ4n) is 6.70. The number of aliphatic hydroxyl groups is 1. The van der Waals surface area contributed by atoms with Crippen LogP contribution in [0.4, 0.5) is 0 Å². The Morgan fingerprint density at radius 2 is 1.49 bits per heavy atom. The number of hydrogen-bond donors (Lipinski definition) is 1. The number of allylic oxidation sites excluding steroid dienone is 2. The van der Waals surface area contributed by atoms with Crippen molar-refractivity contribution < 1.29 is 36.2 Å². The summed E-state index contributed by atoms with van der Waals surface area (Å²) in [5.41, 5.74) is 4.87. The summed E-state index contributed by atoms with van der Waals surface area (Å²) in [6, 6.07) is 21.5. The van der Waals surface area contributed by atoms with Gasteiger partial charge in [-0.15, -0.1) is 0 Å². The van der Waals surface area contributed by atoms with E-state index in [0.29, 0.717) is 18.8 Å². The largest absolute Gasteiger partial charge is 0.512 e. The van der Waals surface area contributed by atoms with Gasteiger partial charge in [-0.2, -0.15) is 0 Å². The number of aliphatic hydroxyl groups excluding tert-OH is 1. The molecule has 7 heteroatoms. The zero-order valence-electron chi connectivity index (χ0n) is 30.5. The average molecular weight is 955 g/mol. The Morgan fingerprint density at radius 3 is 2.08 bits per heavy atom. The second kappa shape index (κ2) is 17.0. The second-order valence-electron chi connectivity index (χ2n) is 14.3. The Morgan fingerprint density at radius 1 is 0.878 bits per heavy atom. The van der Waals surface area contributed by atoms with Crippen LogP contribution in [0.5, 0.6) is 0 Å². The fourth-order valence-corrected chi connectivity index (χ4v) is 12.6. The average Bonchev–Trinajstić information content (AvgIpc) is 3.28. The molecule has 1 N–H and O–H groups in total. The van der Waals surface area contributed by atoms with Gasteiger partial charge in [0.05, 0.1) is 5.76 Å².